The fourth-order valence-corrected chi connectivity index (χ4v) is 3.29. The molecule has 0 aliphatic carbocycles. The lowest BCUT2D eigenvalue weighted by atomic mass is 10.0. The van der Waals surface area contributed by atoms with Crippen LogP contribution in [0.2, 0.25) is 0 Å². The first-order valence-corrected chi connectivity index (χ1v) is 7.30. The minimum Gasteiger partial charge on any atom is -0.288 e. The van der Waals surface area contributed by atoms with E-state index in [0.717, 1.165) is 10.1 Å². The van der Waals surface area contributed by atoms with Crippen LogP contribution in [0.15, 0.2) is 52.3 Å². The molecule has 0 aliphatic heterocycles. The van der Waals surface area contributed by atoms with E-state index in [9.17, 15) is 9.18 Å². The standard InChI is InChI=1S/C15H8BrFOS/c16-12-6-3-5-10(14(12)17)15(18)11-8-19-13-7-2-1-4-9(11)13/h1-8H. The maximum atomic E-state index is 14.0. The van der Waals surface area contributed by atoms with Gasteiger partial charge in [-0.3, -0.25) is 4.79 Å². The summed E-state index contributed by atoms with van der Waals surface area (Å²) in [6.07, 6.45) is 0. The van der Waals surface area contributed by atoms with Gasteiger partial charge in [-0.25, -0.2) is 4.39 Å². The Morgan fingerprint density at radius 3 is 2.68 bits per heavy atom. The molecule has 0 atom stereocenters. The van der Waals surface area contributed by atoms with Gasteiger partial charge in [0, 0.05) is 21.0 Å². The molecule has 0 unspecified atom stereocenters. The monoisotopic (exact) mass is 334 g/mol. The van der Waals surface area contributed by atoms with Gasteiger partial charge in [0.2, 0.25) is 0 Å². The molecule has 1 heterocycles. The van der Waals surface area contributed by atoms with E-state index in [4.69, 9.17) is 0 Å². The molecule has 0 radical (unpaired) electrons. The number of ketones is 1. The van der Waals surface area contributed by atoms with E-state index in [1.807, 2.05) is 24.3 Å². The summed E-state index contributed by atoms with van der Waals surface area (Å²) < 4.78 is 15.3. The van der Waals surface area contributed by atoms with Crippen LogP contribution in [0, 0.1) is 5.82 Å². The number of thiophene rings is 1. The lowest BCUT2D eigenvalue weighted by Crippen LogP contribution is -2.03. The molecular weight excluding hydrogens is 327 g/mol. The summed E-state index contributed by atoms with van der Waals surface area (Å²) in [5.74, 6) is -0.793. The number of carbonyl (C=O) groups excluding carboxylic acids is 1. The normalized spacial score (nSPS) is 10.8. The Balaban J connectivity index is 2.17. The maximum Gasteiger partial charge on any atom is 0.197 e. The molecule has 3 aromatic rings. The third kappa shape index (κ3) is 2.11. The van der Waals surface area contributed by atoms with E-state index in [1.165, 1.54) is 17.4 Å². The first-order chi connectivity index (χ1) is 9.18. The zero-order valence-corrected chi connectivity index (χ0v) is 12.1. The Morgan fingerprint density at radius 1 is 1.05 bits per heavy atom. The molecule has 0 bridgehead atoms. The molecule has 0 amide bonds. The van der Waals surface area contributed by atoms with E-state index in [1.54, 1.807) is 17.5 Å². The summed E-state index contributed by atoms with van der Waals surface area (Å²) in [5.41, 5.74) is 0.649. The summed E-state index contributed by atoms with van der Waals surface area (Å²) in [4.78, 5) is 12.4. The lowest BCUT2D eigenvalue weighted by molar-refractivity contribution is 0.103. The molecule has 2 aromatic carbocycles. The average molecular weight is 335 g/mol. The van der Waals surface area contributed by atoms with Crippen LogP contribution in [-0.4, -0.2) is 5.78 Å². The van der Waals surface area contributed by atoms with Crippen molar-refractivity contribution in [2.24, 2.45) is 0 Å². The SMILES string of the molecule is O=C(c1cccc(Br)c1F)c1csc2ccccc12. The number of hydrogen-bond acceptors (Lipinski definition) is 2. The molecule has 0 saturated carbocycles. The zero-order valence-electron chi connectivity index (χ0n) is 9.69. The molecule has 0 saturated heterocycles. The summed E-state index contributed by atoms with van der Waals surface area (Å²) in [5, 5.41) is 2.66. The Bertz CT molecular complexity index is 779. The highest BCUT2D eigenvalue weighted by molar-refractivity contribution is 9.10. The van der Waals surface area contributed by atoms with E-state index in [2.05, 4.69) is 15.9 Å². The van der Waals surface area contributed by atoms with Gasteiger partial charge in [0.1, 0.15) is 5.82 Å². The van der Waals surface area contributed by atoms with Crippen molar-refractivity contribution in [1.29, 1.82) is 0 Å². The summed E-state index contributed by atoms with van der Waals surface area (Å²) in [6.45, 7) is 0. The topological polar surface area (TPSA) is 17.1 Å². The highest BCUT2D eigenvalue weighted by atomic mass is 79.9. The smallest absolute Gasteiger partial charge is 0.197 e. The van der Waals surface area contributed by atoms with Gasteiger partial charge in [0.15, 0.2) is 5.78 Å². The Labute approximate surface area is 121 Å². The van der Waals surface area contributed by atoms with Crippen molar-refractivity contribution in [2.75, 3.05) is 0 Å². The highest BCUT2D eigenvalue weighted by Crippen LogP contribution is 2.29. The molecule has 0 fully saturated rings. The number of benzene rings is 2. The third-order valence-electron chi connectivity index (χ3n) is 2.92. The first-order valence-electron chi connectivity index (χ1n) is 5.63. The van der Waals surface area contributed by atoms with Crippen molar-refractivity contribution in [2.45, 2.75) is 0 Å². The van der Waals surface area contributed by atoms with Gasteiger partial charge in [-0.1, -0.05) is 24.3 Å². The molecule has 3 rings (SSSR count). The number of fused-ring (bicyclic) bond motifs is 1. The average Bonchev–Trinajstić information content (AvgIpc) is 2.85. The minimum atomic E-state index is -0.511. The van der Waals surface area contributed by atoms with E-state index in [0.29, 0.717) is 10.0 Å². The van der Waals surface area contributed by atoms with E-state index >= 15 is 0 Å². The van der Waals surface area contributed by atoms with Crippen LogP contribution in [0.3, 0.4) is 0 Å². The molecule has 1 nitrogen and oxygen atoms in total. The van der Waals surface area contributed by atoms with E-state index in [-0.39, 0.29) is 11.3 Å². The highest BCUT2D eigenvalue weighted by Gasteiger charge is 2.18. The predicted molar refractivity (Wildman–Crippen MR) is 79.4 cm³/mol. The fourth-order valence-electron chi connectivity index (χ4n) is 1.98. The summed E-state index contributed by atoms with van der Waals surface area (Å²) in [6, 6.07) is 12.4. The van der Waals surface area contributed by atoms with Gasteiger partial charge in [-0.2, -0.15) is 0 Å². The molecule has 0 N–H and O–H groups in total. The molecule has 19 heavy (non-hydrogen) atoms. The quantitative estimate of drug-likeness (QED) is 0.600. The molecule has 0 aliphatic rings. The minimum absolute atomic E-state index is 0.0953. The number of halogens is 2. The van der Waals surface area contributed by atoms with Crippen LogP contribution in [0.25, 0.3) is 10.1 Å². The van der Waals surface area contributed by atoms with Crippen molar-refractivity contribution in [3.05, 3.63) is 69.3 Å². The van der Waals surface area contributed by atoms with Gasteiger partial charge in [0.25, 0.3) is 0 Å². The van der Waals surface area contributed by atoms with Crippen LogP contribution < -0.4 is 0 Å². The Kier molecular flexibility index (Phi) is 3.21. The Hall–Kier alpha value is -1.52. The fraction of sp³-hybridized carbons (Fsp3) is 0. The second kappa shape index (κ2) is 4.87. The third-order valence-corrected chi connectivity index (χ3v) is 4.50. The molecule has 4 heteroatoms. The first kappa shape index (κ1) is 12.5. The zero-order chi connectivity index (χ0) is 13.4. The molecular formula is C15H8BrFOS. The van der Waals surface area contributed by atoms with Crippen molar-refractivity contribution < 1.29 is 9.18 Å². The Morgan fingerprint density at radius 2 is 1.84 bits per heavy atom. The molecule has 94 valence electrons. The number of rotatable bonds is 2. The van der Waals surface area contributed by atoms with Crippen LogP contribution in [0.1, 0.15) is 15.9 Å². The van der Waals surface area contributed by atoms with Crippen LogP contribution >= 0.6 is 27.3 Å². The van der Waals surface area contributed by atoms with Crippen LogP contribution in [-0.2, 0) is 0 Å². The summed E-state index contributed by atoms with van der Waals surface area (Å²) >= 11 is 4.59. The second-order valence-corrected chi connectivity index (χ2v) is 5.84. The number of hydrogen-bond donors (Lipinski definition) is 0. The van der Waals surface area contributed by atoms with Crippen molar-refractivity contribution in [1.82, 2.24) is 0 Å². The number of carbonyl (C=O) groups is 1. The van der Waals surface area contributed by atoms with Gasteiger partial charge in [-0.05, 0) is 34.1 Å². The van der Waals surface area contributed by atoms with Crippen molar-refractivity contribution in [3.63, 3.8) is 0 Å². The molecule has 1 aromatic heterocycles. The predicted octanol–water partition coefficient (Wildman–Crippen LogP) is 5.03. The van der Waals surface area contributed by atoms with E-state index < -0.39 is 5.82 Å². The van der Waals surface area contributed by atoms with Crippen LogP contribution in [0.4, 0.5) is 4.39 Å². The van der Waals surface area contributed by atoms with Gasteiger partial charge in [-0.15, -0.1) is 11.3 Å². The van der Waals surface area contributed by atoms with Gasteiger partial charge < -0.3 is 0 Å². The van der Waals surface area contributed by atoms with Crippen molar-refractivity contribution >= 4 is 43.1 Å². The molecule has 0 spiro atoms. The lowest BCUT2D eigenvalue weighted by Gasteiger charge is -2.03. The largest absolute Gasteiger partial charge is 0.288 e. The van der Waals surface area contributed by atoms with Crippen LogP contribution in [0.5, 0.6) is 0 Å². The second-order valence-electron chi connectivity index (χ2n) is 4.08. The summed E-state index contributed by atoms with van der Waals surface area (Å²) in [7, 11) is 0. The van der Waals surface area contributed by atoms with Gasteiger partial charge >= 0.3 is 0 Å². The maximum absolute atomic E-state index is 14.0. The van der Waals surface area contributed by atoms with Gasteiger partial charge in [0.05, 0.1) is 10.0 Å². The van der Waals surface area contributed by atoms with Crippen molar-refractivity contribution in [3.8, 4) is 0 Å².